The van der Waals surface area contributed by atoms with E-state index in [2.05, 4.69) is 15.9 Å². The second kappa shape index (κ2) is 6.46. The first-order valence-corrected chi connectivity index (χ1v) is 5.58. The fourth-order valence-electron chi connectivity index (χ4n) is 1.08. The molecule has 0 aromatic heterocycles. The van der Waals surface area contributed by atoms with Crippen molar-refractivity contribution in [3.8, 4) is 11.8 Å². The molecule has 0 amide bonds. The quantitative estimate of drug-likeness (QED) is 0.782. The molecule has 0 unspecified atom stereocenters. The lowest BCUT2D eigenvalue weighted by molar-refractivity contribution is 0.108. The molecule has 0 saturated heterocycles. The molecule has 0 N–H and O–H groups in total. The zero-order valence-corrected chi connectivity index (χ0v) is 10.4. The number of ether oxygens (including phenoxy) is 2. The van der Waals surface area contributed by atoms with Crippen molar-refractivity contribution in [2.45, 2.75) is 6.92 Å². The van der Waals surface area contributed by atoms with Crippen molar-refractivity contribution in [2.75, 3.05) is 19.8 Å². The molecule has 16 heavy (non-hydrogen) atoms. The lowest BCUT2D eigenvalue weighted by atomic mass is 10.2. The van der Waals surface area contributed by atoms with E-state index in [-0.39, 0.29) is 22.4 Å². The number of nitriles is 1. The number of halogens is 2. The maximum absolute atomic E-state index is 13.6. The van der Waals surface area contributed by atoms with Crippen LogP contribution >= 0.6 is 15.9 Å². The summed E-state index contributed by atoms with van der Waals surface area (Å²) in [5, 5.41) is 8.67. The molecule has 0 aliphatic rings. The predicted molar refractivity (Wildman–Crippen MR) is 60.8 cm³/mol. The summed E-state index contributed by atoms with van der Waals surface area (Å²) in [4.78, 5) is 0. The Balaban J connectivity index is 2.68. The van der Waals surface area contributed by atoms with Crippen molar-refractivity contribution in [3.05, 3.63) is 28.0 Å². The maximum atomic E-state index is 13.6. The summed E-state index contributed by atoms with van der Waals surface area (Å²) in [5.41, 5.74) is 0.245. The van der Waals surface area contributed by atoms with Crippen LogP contribution in [0.3, 0.4) is 0 Å². The largest absolute Gasteiger partial charge is 0.488 e. The summed E-state index contributed by atoms with van der Waals surface area (Å²) < 4.78 is 24.0. The van der Waals surface area contributed by atoms with Crippen LogP contribution in [0, 0.1) is 17.1 Å². The SMILES string of the molecule is CCOCCOc1ccc(C#N)c(Br)c1F. The van der Waals surface area contributed by atoms with Gasteiger partial charge in [0, 0.05) is 6.61 Å². The van der Waals surface area contributed by atoms with Crippen LogP contribution in [0.4, 0.5) is 4.39 Å². The topological polar surface area (TPSA) is 42.2 Å². The minimum absolute atomic E-state index is 0.116. The van der Waals surface area contributed by atoms with E-state index in [0.717, 1.165) is 0 Å². The lowest BCUT2D eigenvalue weighted by Crippen LogP contribution is -2.07. The molecule has 1 rings (SSSR count). The minimum Gasteiger partial charge on any atom is -0.488 e. The molecule has 3 nitrogen and oxygen atoms in total. The first-order valence-electron chi connectivity index (χ1n) is 4.79. The van der Waals surface area contributed by atoms with Gasteiger partial charge in [-0.05, 0) is 35.0 Å². The van der Waals surface area contributed by atoms with Crippen molar-refractivity contribution < 1.29 is 13.9 Å². The third kappa shape index (κ3) is 3.19. The number of hydrogen-bond acceptors (Lipinski definition) is 3. The van der Waals surface area contributed by atoms with E-state index >= 15 is 0 Å². The molecular formula is C11H11BrFNO2. The van der Waals surface area contributed by atoms with Gasteiger partial charge in [-0.1, -0.05) is 0 Å². The van der Waals surface area contributed by atoms with E-state index < -0.39 is 5.82 Å². The zero-order valence-electron chi connectivity index (χ0n) is 8.80. The van der Waals surface area contributed by atoms with E-state index in [1.165, 1.54) is 12.1 Å². The van der Waals surface area contributed by atoms with Crippen LogP contribution in [0.15, 0.2) is 16.6 Å². The van der Waals surface area contributed by atoms with Crippen molar-refractivity contribution in [3.63, 3.8) is 0 Å². The van der Waals surface area contributed by atoms with E-state index in [9.17, 15) is 4.39 Å². The normalized spacial score (nSPS) is 9.88. The molecule has 0 aliphatic heterocycles. The van der Waals surface area contributed by atoms with Crippen LogP contribution in [0.25, 0.3) is 0 Å². The monoisotopic (exact) mass is 287 g/mol. The summed E-state index contributed by atoms with van der Waals surface area (Å²) in [6.07, 6.45) is 0. The Morgan fingerprint density at radius 1 is 1.44 bits per heavy atom. The molecule has 5 heteroatoms. The summed E-state index contributed by atoms with van der Waals surface area (Å²) in [5.74, 6) is -0.443. The summed E-state index contributed by atoms with van der Waals surface area (Å²) >= 11 is 3.01. The van der Waals surface area contributed by atoms with Crippen molar-refractivity contribution in [1.29, 1.82) is 5.26 Å². The third-order valence-electron chi connectivity index (χ3n) is 1.86. The minimum atomic E-state index is -0.560. The fraction of sp³-hybridized carbons (Fsp3) is 0.364. The smallest absolute Gasteiger partial charge is 0.180 e. The Morgan fingerprint density at radius 2 is 2.19 bits per heavy atom. The zero-order chi connectivity index (χ0) is 12.0. The van der Waals surface area contributed by atoms with Crippen LogP contribution < -0.4 is 4.74 Å². The first-order chi connectivity index (χ1) is 7.70. The summed E-state index contributed by atoms with van der Waals surface area (Å²) in [6.45, 7) is 3.17. The highest BCUT2D eigenvalue weighted by molar-refractivity contribution is 9.10. The number of benzene rings is 1. The molecule has 0 radical (unpaired) electrons. The van der Waals surface area contributed by atoms with Crippen LogP contribution in [0.2, 0.25) is 0 Å². The van der Waals surface area contributed by atoms with Crippen LogP contribution in [0.1, 0.15) is 12.5 Å². The van der Waals surface area contributed by atoms with Gasteiger partial charge in [0.1, 0.15) is 12.7 Å². The van der Waals surface area contributed by atoms with Gasteiger partial charge in [0.2, 0.25) is 0 Å². The molecule has 1 aromatic carbocycles. The van der Waals surface area contributed by atoms with Gasteiger partial charge >= 0.3 is 0 Å². The molecule has 0 aliphatic carbocycles. The first kappa shape index (κ1) is 12.9. The van der Waals surface area contributed by atoms with E-state index in [1.54, 1.807) is 0 Å². The standard InChI is InChI=1S/C11H11BrFNO2/c1-2-15-5-6-16-9-4-3-8(7-14)10(12)11(9)13/h3-4H,2,5-6H2,1H3. The molecule has 0 bridgehead atoms. The molecule has 0 fully saturated rings. The van der Waals surface area contributed by atoms with Crippen LogP contribution in [-0.2, 0) is 4.74 Å². The molecule has 0 spiro atoms. The second-order valence-corrected chi connectivity index (χ2v) is 3.69. The van der Waals surface area contributed by atoms with Gasteiger partial charge < -0.3 is 9.47 Å². The predicted octanol–water partition coefficient (Wildman–Crippen LogP) is 2.88. The Bertz CT molecular complexity index is 404. The fourth-order valence-corrected chi connectivity index (χ4v) is 1.50. The molecule has 86 valence electrons. The summed E-state index contributed by atoms with van der Waals surface area (Å²) in [7, 11) is 0. The van der Waals surface area contributed by atoms with Gasteiger partial charge in [-0.15, -0.1) is 0 Å². The number of nitrogens with zero attached hydrogens (tertiary/aromatic N) is 1. The highest BCUT2D eigenvalue weighted by Crippen LogP contribution is 2.28. The molecular weight excluding hydrogens is 277 g/mol. The van der Waals surface area contributed by atoms with Gasteiger partial charge in [0.25, 0.3) is 0 Å². The van der Waals surface area contributed by atoms with E-state index in [0.29, 0.717) is 13.2 Å². The maximum Gasteiger partial charge on any atom is 0.180 e. The highest BCUT2D eigenvalue weighted by atomic mass is 79.9. The molecule has 0 heterocycles. The Kier molecular flexibility index (Phi) is 5.23. The Labute approximate surface area is 102 Å². The Morgan fingerprint density at radius 3 is 2.81 bits per heavy atom. The van der Waals surface area contributed by atoms with Gasteiger partial charge in [0.05, 0.1) is 16.6 Å². The number of hydrogen-bond donors (Lipinski definition) is 0. The highest BCUT2D eigenvalue weighted by Gasteiger charge is 2.11. The van der Waals surface area contributed by atoms with Crippen molar-refractivity contribution in [1.82, 2.24) is 0 Å². The molecule has 0 saturated carbocycles. The van der Waals surface area contributed by atoms with Gasteiger partial charge in [0.15, 0.2) is 11.6 Å². The molecule has 1 aromatic rings. The summed E-state index contributed by atoms with van der Waals surface area (Å²) in [6, 6.07) is 4.81. The van der Waals surface area contributed by atoms with E-state index in [4.69, 9.17) is 14.7 Å². The average Bonchev–Trinajstić information content (AvgIpc) is 2.30. The van der Waals surface area contributed by atoms with Crippen molar-refractivity contribution in [2.24, 2.45) is 0 Å². The molecule has 0 atom stereocenters. The van der Waals surface area contributed by atoms with Crippen LogP contribution in [0.5, 0.6) is 5.75 Å². The van der Waals surface area contributed by atoms with Crippen molar-refractivity contribution >= 4 is 15.9 Å². The number of rotatable bonds is 5. The Hall–Kier alpha value is -1.12. The van der Waals surface area contributed by atoms with E-state index in [1.807, 2.05) is 13.0 Å². The van der Waals surface area contributed by atoms with Gasteiger partial charge in [-0.25, -0.2) is 4.39 Å². The third-order valence-corrected chi connectivity index (χ3v) is 2.63. The average molecular weight is 288 g/mol. The lowest BCUT2D eigenvalue weighted by Gasteiger charge is -2.08. The van der Waals surface area contributed by atoms with Gasteiger partial charge in [-0.3, -0.25) is 0 Å². The van der Waals surface area contributed by atoms with Crippen LogP contribution in [-0.4, -0.2) is 19.8 Å². The second-order valence-electron chi connectivity index (χ2n) is 2.90. The van der Waals surface area contributed by atoms with Gasteiger partial charge in [-0.2, -0.15) is 5.26 Å².